The molecule has 2 aromatic heterocycles. The minimum atomic E-state index is 0.529. The molecular formula is C20H24N4. The number of nitrogens with one attached hydrogen (secondary N) is 1. The van der Waals surface area contributed by atoms with Crippen LogP contribution in [0.2, 0.25) is 0 Å². The maximum absolute atomic E-state index is 4.71. The number of benzene rings is 1. The van der Waals surface area contributed by atoms with Crippen molar-refractivity contribution in [2.75, 3.05) is 19.6 Å². The standard InChI is InChI=1S/C20H24N4/c1-2-6-16(7-3-1)10-14-24-13-5-8-17(11-15-24)19-22-18-9-4-12-21-20(18)23-19/h1-4,6-7,9,12,17H,5,8,10-11,13-15H2,(H,21,22,23). The molecule has 1 atom stereocenters. The minimum Gasteiger partial charge on any atom is -0.340 e. The zero-order valence-corrected chi connectivity index (χ0v) is 14.0. The van der Waals surface area contributed by atoms with E-state index < -0.39 is 0 Å². The topological polar surface area (TPSA) is 44.8 Å². The van der Waals surface area contributed by atoms with Crippen LogP contribution in [-0.4, -0.2) is 39.5 Å². The maximum atomic E-state index is 4.71. The first-order valence-corrected chi connectivity index (χ1v) is 8.95. The zero-order chi connectivity index (χ0) is 16.2. The molecule has 1 aliphatic heterocycles. The third kappa shape index (κ3) is 3.49. The van der Waals surface area contributed by atoms with Gasteiger partial charge >= 0.3 is 0 Å². The van der Waals surface area contributed by atoms with Crippen molar-refractivity contribution in [1.29, 1.82) is 0 Å². The van der Waals surface area contributed by atoms with E-state index in [4.69, 9.17) is 4.98 Å². The van der Waals surface area contributed by atoms with E-state index in [0.717, 1.165) is 36.5 Å². The maximum Gasteiger partial charge on any atom is 0.177 e. The van der Waals surface area contributed by atoms with Crippen molar-refractivity contribution in [3.63, 3.8) is 0 Å². The summed E-state index contributed by atoms with van der Waals surface area (Å²) in [6.07, 6.45) is 6.58. The normalized spacial score (nSPS) is 19.4. The van der Waals surface area contributed by atoms with Gasteiger partial charge < -0.3 is 9.88 Å². The van der Waals surface area contributed by atoms with Gasteiger partial charge in [-0.3, -0.25) is 0 Å². The van der Waals surface area contributed by atoms with Crippen LogP contribution in [0.1, 0.15) is 36.6 Å². The van der Waals surface area contributed by atoms with Gasteiger partial charge in [0.1, 0.15) is 5.82 Å². The number of likely N-dealkylation sites (tertiary alicyclic amines) is 1. The van der Waals surface area contributed by atoms with Gasteiger partial charge in [0.2, 0.25) is 0 Å². The molecule has 0 radical (unpaired) electrons. The Kier molecular flexibility index (Phi) is 4.56. The molecule has 4 nitrogen and oxygen atoms in total. The first-order chi connectivity index (χ1) is 11.9. The fourth-order valence-electron chi connectivity index (χ4n) is 3.64. The van der Waals surface area contributed by atoms with E-state index in [2.05, 4.69) is 51.3 Å². The Bertz CT molecular complexity index is 747. The molecule has 124 valence electrons. The Morgan fingerprint density at radius 3 is 2.83 bits per heavy atom. The van der Waals surface area contributed by atoms with Crippen molar-refractivity contribution >= 4 is 11.2 Å². The molecule has 1 aromatic carbocycles. The summed E-state index contributed by atoms with van der Waals surface area (Å²) in [5.74, 6) is 1.65. The number of fused-ring (bicyclic) bond motifs is 1. The van der Waals surface area contributed by atoms with Crippen LogP contribution in [0.5, 0.6) is 0 Å². The zero-order valence-electron chi connectivity index (χ0n) is 14.0. The predicted octanol–water partition coefficient (Wildman–Crippen LogP) is 3.77. The molecular weight excluding hydrogens is 296 g/mol. The lowest BCUT2D eigenvalue weighted by Gasteiger charge is -2.19. The number of hydrogen-bond acceptors (Lipinski definition) is 3. The average molecular weight is 320 g/mol. The highest BCUT2D eigenvalue weighted by molar-refractivity contribution is 5.70. The fourth-order valence-corrected chi connectivity index (χ4v) is 3.64. The van der Waals surface area contributed by atoms with Gasteiger partial charge in [0.05, 0.1) is 5.52 Å². The molecule has 1 fully saturated rings. The van der Waals surface area contributed by atoms with Gasteiger partial charge in [-0.05, 0) is 56.5 Å². The number of rotatable bonds is 4. The Morgan fingerprint density at radius 2 is 1.96 bits per heavy atom. The SMILES string of the molecule is c1ccc(CCN2CCCC(c3nc4ncccc4[nH]3)CC2)cc1. The number of aromatic amines is 1. The number of aromatic nitrogens is 3. The predicted molar refractivity (Wildman–Crippen MR) is 97.1 cm³/mol. The number of H-pyrrole nitrogens is 1. The van der Waals surface area contributed by atoms with Crippen molar-refractivity contribution in [2.24, 2.45) is 0 Å². The molecule has 1 aliphatic rings. The third-order valence-electron chi connectivity index (χ3n) is 5.04. The quantitative estimate of drug-likeness (QED) is 0.796. The molecule has 4 rings (SSSR count). The lowest BCUT2D eigenvalue weighted by Crippen LogP contribution is -2.27. The first-order valence-electron chi connectivity index (χ1n) is 8.95. The van der Waals surface area contributed by atoms with E-state index in [1.54, 1.807) is 0 Å². The van der Waals surface area contributed by atoms with Crippen LogP contribution in [0.25, 0.3) is 11.2 Å². The summed E-state index contributed by atoms with van der Waals surface area (Å²) in [5, 5.41) is 0. The lowest BCUT2D eigenvalue weighted by atomic mass is 10.0. The molecule has 1 unspecified atom stereocenters. The van der Waals surface area contributed by atoms with Gasteiger partial charge in [-0.15, -0.1) is 0 Å². The second kappa shape index (κ2) is 7.14. The third-order valence-corrected chi connectivity index (χ3v) is 5.04. The summed E-state index contributed by atoms with van der Waals surface area (Å²) in [6.45, 7) is 3.50. The lowest BCUT2D eigenvalue weighted by molar-refractivity contribution is 0.287. The van der Waals surface area contributed by atoms with Gasteiger partial charge in [-0.1, -0.05) is 30.3 Å². The smallest absolute Gasteiger partial charge is 0.177 e. The van der Waals surface area contributed by atoms with Crippen LogP contribution in [-0.2, 0) is 6.42 Å². The van der Waals surface area contributed by atoms with Crippen molar-refractivity contribution in [1.82, 2.24) is 19.9 Å². The molecule has 0 amide bonds. The van der Waals surface area contributed by atoms with E-state index in [0.29, 0.717) is 5.92 Å². The molecule has 1 saturated heterocycles. The molecule has 0 spiro atoms. The first kappa shape index (κ1) is 15.3. The number of pyridine rings is 1. The summed E-state index contributed by atoms with van der Waals surface area (Å²) in [4.78, 5) is 15.1. The second-order valence-electron chi connectivity index (χ2n) is 6.70. The summed E-state index contributed by atoms with van der Waals surface area (Å²) in [7, 11) is 0. The summed E-state index contributed by atoms with van der Waals surface area (Å²) in [6, 6.07) is 14.8. The van der Waals surface area contributed by atoms with Crippen LogP contribution < -0.4 is 0 Å². The molecule has 3 heterocycles. The Hall–Kier alpha value is -2.20. The summed E-state index contributed by atoms with van der Waals surface area (Å²) < 4.78 is 0. The van der Waals surface area contributed by atoms with Crippen LogP contribution in [0.15, 0.2) is 48.7 Å². The highest BCUT2D eigenvalue weighted by Gasteiger charge is 2.21. The highest BCUT2D eigenvalue weighted by atomic mass is 15.1. The van der Waals surface area contributed by atoms with E-state index >= 15 is 0 Å². The molecule has 0 bridgehead atoms. The van der Waals surface area contributed by atoms with Crippen LogP contribution in [0, 0.1) is 0 Å². The van der Waals surface area contributed by atoms with Gasteiger partial charge in [0, 0.05) is 18.7 Å². The van der Waals surface area contributed by atoms with Crippen LogP contribution in [0.4, 0.5) is 0 Å². The van der Waals surface area contributed by atoms with Crippen molar-refractivity contribution in [3.05, 3.63) is 60.0 Å². The van der Waals surface area contributed by atoms with E-state index in [9.17, 15) is 0 Å². The van der Waals surface area contributed by atoms with Gasteiger partial charge in [-0.2, -0.15) is 0 Å². The average Bonchev–Trinajstić information content (AvgIpc) is 2.92. The molecule has 0 aliphatic carbocycles. The summed E-state index contributed by atoms with van der Waals surface area (Å²) >= 11 is 0. The van der Waals surface area contributed by atoms with E-state index in [1.807, 2.05) is 12.3 Å². The molecule has 0 saturated carbocycles. The molecule has 1 N–H and O–H groups in total. The van der Waals surface area contributed by atoms with Crippen molar-refractivity contribution in [3.8, 4) is 0 Å². The minimum absolute atomic E-state index is 0.529. The van der Waals surface area contributed by atoms with E-state index in [-0.39, 0.29) is 0 Å². The monoisotopic (exact) mass is 320 g/mol. The second-order valence-corrected chi connectivity index (χ2v) is 6.70. The Balaban J connectivity index is 1.37. The number of nitrogens with zero attached hydrogens (tertiary/aromatic N) is 3. The van der Waals surface area contributed by atoms with Gasteiger partial charge in [0.15, 0.2) is 5.65 Å². The Morgan fingerprint density at radius 1 is 1.04 bits per heavy atom. The van der Waals surface area contributed by atoms with Gasteiger partial charge in [-0.25, -0.2) is 9.97 Å². The van der Waals surface area contributed by atoms with Crippen molar-refractivity contribution in [2.45, 2.75) is 31.6 Å². The van der Waals surface area contributed by atoms with Crippen LogP contribution in [0.3, 0.4) is 0 Å². The number of hydrogen-bond donors (Lipinski definition) is 1. The van der Waals surface area contributed by atoms with Crippen LogP contribution >= 0.6 is 0 Å². The molecule has 24 heavy (non-hydrogen) atoms. The van der Waals surface area contributed by atoms with E-state index in [1.165, 1.54) is 31.4 Å². The largest absolute Gasteiger partial charge is 0.340 e. The number of imidazole rings is 1. The summed E-state index contributed by atoms with van der Waals surface area (Å²) in [5.41, 5.74) is 3.33. The fraction of sp³-hybridized carbons (Fsp3) is 0.400. The van der Waals surface area contributed by atoms with Gasteiger partial charge in [0.25, 0.3) is 0 Å². The molecule has 4 heteroatoms. The molecule has 3 aromatic rings. The van der Waals surface area contributed by atoms with Crippen molar-refractivity contribution < 1.29 is 0 Å². The highest BCUT2D eigenvalue weighted by Crippen LogP contribution is 2.27. The Labute approximate surface area is 142 Å².